The van der Waals surface area contributed by atoms with Crippen molar-refractivity contribution in [2.45, 2.75) is 51.3 Å². The summed E-state index contributed by atoms with van der Waals surface area (Å²) < 4.78 is 5.54. The highest BCUT2D eigenvalue weighted by molar-refractivity contribution is 6.00. The van der Waals surface area contributed by atoms with Crippen LogP contribution in [0, 0.1) is 17.2 Å². The third kappa shape index (κ3) is 6.87. The zero-order valence-corrected chi connectivity index (χ0v) is 20.1. The molecule has 0 saturated carbocycles. The van der Waals surface area contributed by atoms with E-state index in [9.17, 15) is 19.6 Å². The minimum Gasteiger partial charge on any atom is -0.436 e. The number of imide groups is 1. The number of hydrogen-bond donors (Lipinski definition) is 2. The Morgan fingerprint density at radius 2 is 1.89 bits per heavy atom. The van der Waals surface area contributed by atoms with Crippen molar-refractivity contribution >= 4 is 17.9 Å². The molecule has 2 unspecified atom stereocenters. The molecule has 0 aliphatic carbocycles. The fourth-order valence-electron chi connectivity index (χ4n) is 4.05. The van der Waals surface area contributed by atoms with E-state index < -0.39 is 29.6 Å². The van der Waals surface area contributed by atoms with Crippen LogP contribution in [0.25, 0.3) is 0 Å². The van der Waals surface area contributed by atoms with Gasteiger partial charge in [-0.15, -0.1) is 0 Å². The van der Waals surface area contributed by atoms with Crippen LogP contribution in [-0.4, -0.2) is 52.5 Å². The first-order valence-corrected chi connectivity index (χ1v) is 11.7. The number of alkyl carbamates (subject to hydrolysis) is 1. The molecule has 1 aromatic carbocycles. The van der Waals surface area contributed by atoms with E-state index in [-0.39, 0.29) is 31.8 Å². The topological polar surface area (TPSA) is 124 Å². The quantitative estimate of drug-likeness (QED) is 0.569. The fraction of sp³-hybridized carbons (Fsp3) is 0.423. The Bertz CT molecular complexity index is 1050. The number of nitriles is 1. The Morgan fingerprint density at radius 1 is 1.17 bits per heavy atom. The number of pyridine rings is 1. The molecule has 3 amide bonds. The Hall–Kier alpha value is -3.77. The Kier molecular flexibility index (Phi) is 8.92. The number of nitrogens with zero attached hydrogens (tertiary/aromatic N) is 3. The number of rotatable bonds is 9. The second-order valence-corrected chi connectivity index (χ2v) is 9.03. The molecule has 0 bridgehead atoms. The normalized spacial score (nSPS) is 17.9. The molecule has 0 spiro atoms. The number of carbonyl (C=O) groups excluding carboxylic acids is 3. The van der Waals surface area contributed by atoms with Crippen LogP contribution >= 0.6 is 0 Å². The van der Waals surface area contributed by atoms with E-state index in [0.717, 1.165) is 10.5 Å². The predicted octanol–water partition coefficient (Wildman–Crippen LogP) is 2.58. The van der Waals surface area contributed by atoms with Crippen LogP contribution in [0.15, 0.2) is 54.9 Å². The monoisotopic (exact) mass is 477 g/mol. The summed E-state index contributed by atoms with van der Waals surface area (Å²) in [5, 5.41) is 15.8. The molecule has 2 atom stereocenters. The summed E-state index contributed by atoms with van der Waals surface area (Å²) in [4.78, 5) is 44.8. The minimum atomic E-state index is -1.35. The molecular weight excluding hydrogens is 446 g/mol. The van der Waals surface area contributed by atoms with Gasteiger partial charge in [-0.05, 0) is 48.6 Å². The van der Waals surface area contributed by atoms with Gasteiger partial charge >= 0.3 is 6.09 Å². The second-order valence-electron chi connectivity index (χ2n) is 9.03. The maximum Gasteiger partial charge on any atom is 0.408 e. The SMILES string of the molecule is CC(C)CC(OC(=O)NCc1ccccc1)C(=O)N(C(=O)Cc1ccncc1)C1(C#N)CCNC1. The van der Waals surface area contributed by atoms with Crippen LogP contribution in [0.3, 0.4) is 0 Å². The smallest absolute Gasteiger partial charge is 0.408 e. The van der Waals surface area contributed by atoms with Crippen molar-refractivity contribution in [2.24, 2.45) is 5.92 Å². The lowest BCUT2D eigenvalue weighted by Crippen LogP contribution is -2.59. The van der Waals surface area contributed by atoms with Gasteiger partial charge < -0.3 is 15.4 Å². The molecule has 2 N–H and O–H groups in total. The van der Waals surface area contributed by atoms with Gasteiger partial charge in [0.25, 0.3) is 5.91 Å². The van der Waals surface area contributed by atoms with Gasteiger partial charge in [-0.25, -0.2) is 4.79 Å². The molecule has 35 heavy (non-hydrogen) atoms. The van der Waals surface area contributed by atoms with Gasteiger partial charge in [0.05, 0.1) is 12.5 Å². The summed E-state index contributed by atoms with van der Waals surface area (Å²) in [7, 11) is 0. The molecule has 2 heterocycles. The third-order valence-electron chi connectivity index (χ3n) is 5.83. The summed E-state index contributed by atoms with van der Waals surface area (Å²) in [5.41, 5.74) is 0.204. The molecule has 1 aliphatic rings. The fourth-order valence-corrected chi connectivity index (χ4v) is 4.05. The molecule has 9 heteroatoms. The zero-order chi connectivity index (χ0) is 25.3. The van der Waals surface area contributed by atoms with E-state index in [2.05, 4.69) is 21.7 Å². The van der Waals surface area contributed by atoms with Gasteiger partial charge in [0.1, 0.15) is 0 Å². The lowest BCUT2D eigenvalue weighted by Gasteiger charge is -2.36. The standard InChI is InChI=1S/C26H31N5O4/c1-19(2)14-22(35-25(34)30-16-21-6-4-3-5-7-21)24(33)31(26(17-27)10-13-29-18-26)23(32)15-20-8-11-28-12-9-20/h3-9,11-12,19,22,29H,10,13-16,18H2,1-2H3,(H,30,34). The van der Waals surface area contributed by atoms with Crippen LogP contribution in [0.1, 0.15) is 37.8 Å². The average Bonchev–Trinajstić information content (AvgIpc) is 3.33. The van der Waals surface area contributed by atoms with Crippen LogP contribution in [-0.2, 0) is 27.3 Å². The number of benzene rings is 1. The highest BCUT2D eigenvalue weighted by atomic mass is 16.6. The summed E-state index contributed by atoms with van der Waals surface area (Å²) in [6.07, 6.45) is 1.59. The van der Waals surface area contributed by atoms with Crippen LogP contribution in [0.2, 0.25) is 0 Å². The number of ether oxygens (including phenoxy) is 1. The zero-order valence-electron chi connectivity index (χ0n) is 20.1. The lowest BCUT2D eigenvalue weighted by molar-refractivity contribution is -0.156. The van der Waals surface area contributed by atoms with Crippen LogP contribution < -0.4 is 10.6 Å². The van der Waals surface area contributed by atoms with Gasteiger partial charge in [-0.1, -0.05) is 44.2 Å². The largest absolute Gasteiger partial charge is 0.436 e. The van der Waals surface area contributed by atoms with Crippen molar-refractivity contribution in [3.05, 3.63) is 66.0 Å². The maximum absolute atomic E-state index is 13.8. The molecule has 9 nitrogen and oxygen atoms in total. The van der Waals surface area contributed by atoms with Gasteiger partial charge in [0.2, 0.25) is 5.91 Å². The van der Waals surface area contributed by atoms with E-state index in [1.165, 1.54) is 0 Å². The van der Waals surface area contributed by atoms with Crippen molar-refractivity contribution in [3.8, 4) is 6.07 Å². The highest BCUT2D eigenvalue weighted by Gasteiger charge is 2.48. The number of nitrogens with one attached hydrogen (secondary N) is 2. The van der Waals surface area contributed by atoms with Crippen LogP contribution in [0.5, 0.6) is 0 Å². The van der Waals surface area contributed by atoms with Crippen molar-refractivity contribution in [1.29, 1.82) is 5.26 Å². The Balaban J connectivity index is 1.82. The number of hydrogen-bond acceptors (Lipinski definition) is 7. The van der Waals surface area contributed by atoms with Crippen molar-refractivity contribution in [1.82, 2.24) is 20.5 Å². The first kappa shape index (κ1) is 25.8. The molecule has 1 saturated heterocycles. The lowest BCUT2D eigenvalue weighted by atomic mass is 9.94. The molecule has 0 radical (unpaired) electrons. The summed E-state index contributed by atoms with van der Waals surface area (Å²) >= 11 is 0. The van der Waals surface area contributed by atoms with Gasteiger partial charge in [-0.3, -0.25) is 19.5 Å². The van der Waals surface area contributed by atoms with E-state index >= 15 is 0 Å². The van der Waals surface area contributed by atoms with E-state index in [4.69, 9.17) is 4.74 Å². The average molecular weight is 478 g/mol. The van der Waals surface area contributed by atoms with Crippen molar-refractivity contribution in [3.63, 3.8) is 0 Å². The molecule has 3 rings (SSSR count). The molecule has 184 valence electrons. The highest BCUT2D eigenvalue weighted by Crippen LogP contribution is 2.27. The summed E-state index contributed by atoms with van der Waals surface area (Å²) in [5.74, 6) is -1.20. The summed E-state index contributed by atoms with van der Waals surface area (Å²) in [6, 6.07) is 14.9. The van der Waals surface area contributed by atoms with E-state index in [0.29, 0.717) is 18.5 Å². The van der Waals surface area contributed by atoms with Gasteiger partial charge in [0, 0.05) is 25.5 Å². The molecule has 2 aromatic rings. The van der Waals surface area contributed by atoms with Gasteiger partial charge in [-0.2, -0.15) is 5.26 Å². The van der Waals surface area contributed by atoms with E-state index in [1.54, 1.807) is 24.5 Å². The predicted molar refractivity (Wildman–Crippen MR) is 129 cm³/mol. The van der Waals surface area contributed by atoms with Gasteiger partial charge in [0.15, 0.2) is 11.6 Å². The first-order valence-electron chi connectivity index (χ1n) is 11.7. The first-order chi connectivity index (χ1) is 16.8. The Morgan fingerprint density at radius 3 is 2.49 bits per heavy atom. The molecule has 1 aromatic heterocycles. The van der Waals surface area contributed by atoms with Crippen molar-refractivity contribution in [2.75, 3.05) is 13.1 Å². The Labute approximate surface area is 205 Å². The number of aromatic nitrogens is 1. The minimum absolute atomic E-state index is 0.00256. The number of carbonyl (C=O) groups is 3. The maximum atomic E-state index is 13.8. The van der Waals surface area contributed by atoms with Crippen molar-refractivity contribution < 1.29 is 19.1 Å². The third-order valence-corrected chi connectivity index (χ3v) is 5.83. The molecular formula is C26H31N5O4. The van der Waals surface area contributed by atoms with Crippen LogP contribution in [0.4, 0.5) is 4.79 Å². The molecule has 1 aliphatic heterocycles. The van der Waals surface area contributed by atoms with E-state index in [1.807, 2.05) is 44.2 Å². The number of amides is 3. The second kappa shape index (κ2) is 12.1. The summed E-state index contributed by atoms with van der Waals surface area (Å²) in [6.45, 7) is 4.68. The molecule has 1 fully saturated rings.